The smallest absolute Gasteiger partial charge is 0.291 e. The van der Waals surface area contributed by atoms with Crippen molar-refractivity contribution >= 4 is 5.91 Å². The van der Waals surface area contributed by atoms with Gasteiger partial charge in [0.15, 0.2) is 0 Å². The van der Waals surface area contributed by atoms with Crippen molar-refractivity contribution in [2.24, 2.45) is 0 Å². The predicted molar refractivity (Wildman–Crippen MR) is 78.1 cm³/mol. The van der Waals surface area contributed by atoms with Gasteiger partial charge in [-0.15, -0.1) is 0 Å². The number of nitrogens with one attached hydrogen (secondary N) is 2. The van der Waals surface area contributed by atoms with E-state index in [4.69, 9.17) is 0 Å². The first kappa shape index (κ1) is 13.4. The van der Waals surface area contributed by atoms with Gasteiger partial charge in [-0.05, 0) is 18.9 Å². The number of nitrogens with zero attached hydrogens (tertiary/aromatic N) is 5. The van der Waals surface area contributed by atoms with Crippen LogP contribution in [0.1, 0.15) is 40.8 Å². The van der Waals surface area contributed by atoms with Crippen molar-refractivity contribution in [1.82, 2.24) is 35.2 Å². The fourth-order valence-electron chi connectivity index (χ4n) is 2.86. The van der Waals surface area contributed by atoms with Crippen LogP contribution in [0.3, 0.4) is 0 Å². The van der Waals surface area contributed by atoms with Gasteiger partial charge in [-0.1, -0.05) is 0 Å². The second-order valence-corrected chi connectivity index (χ2v) is 5.99. The summed E-state index contributed by atoms with van der Waals surface area (Å²) in [6, 6.07) is 2.18. The van der Waals surface area contributed by atoms with Gasteiger partial charge in [0.1, 0.15) is 6.33 Å². The molecule has 1 amide bonds. The number of hydrogen-bond acceptors (Lipinski definition) is 5. The summed E-state index contributed by atoms with van der Waals surface area (Å²) in [5, 5.41) is 13.9. The molecule has 1 aliphatic carbocycles. The molecule has 0 unspecified atom stereocenters. The Kier molecular flexibility index (Phi) is 3.38. The van der Waals surface area contributed by atoms with E-state index in [0.717, 1.165) is 25.3 Å². The summed E-state index contributed by atoms with van der Waals surface area (Å²) in [4.78, 5) is 20.2. The van der Waals surface area contributed by atoms with Gasteiger partial charge in [0.2, 0.25) is 5.82 Å². The normalized spacial score (nSPS) is 19.5. The van der Waals surface area contributed by atoms with E-state index in [1.165, 1.54) is 24.9 Å². The second-order valence-electron chi connectivity index (χ2n) is 5.99. The van der Waals surface area contributed by atoms with E-state index in [9.17, 15) is 4.79 Å². The monoisotopic (exact) mass is 301 g/mol. The number of carbonyl (C=O) groups is 1. The molecule has 2 N–H and O–H groups in total. The Bertz CT molecular complexity index is 638. The average Bonchev–Trinajstić information content (AvgIpc) is 3.06. The molecule has 0 spiro atoms. The van der Waals surface area contributed by atoms with Gasteiger partial charge >= 0.3 is 0 Å². The Labute approximate surface area is 127 Å². The van der Waals surface area contributed by atoms with Crippen molar-refractivity contribution < 1.29 is 4.79 Å². The molecule has 116 valence electrons. The third kappa shape index (κ3) is 2.74. The van der Waals surface area contributed by atoms with Crippen molar-refractivity contribution in [3.05, 3.63) is 29.6 Å². The molecular weight excluding hydrogens is 282 g/mol. The lowest BCUT2D eigenvalue weighted by atomic mass is 10.2. The van der Waals surface area contributed by atoms with Crippen molar-refractivity contribution in [2.45, 2.75) is 25.3 Å². The van der Waals surface area contributed by atoms with Crippen molar-refractivity contribution in [1.29, 1.82) is 0 Å². The van der Waals surface area contributed by atoms with E-state index in [-0.39, 0.29) is 5.91 Å². The zero-order valence-electron chi connectivity index (χ0n) is 12.3. The number of rotatable bonds is 4. The second kappa shape index (κ2) is 5.53. The maximum atomic E-state index is 12.2. The fourth-order valence-corrected chi connectivity index (χ4v) is 2.86. The molecule has 0 radical (unpaired) electrons. The summed E-state index contributed by atoms with van der Waals surface area (Å²) < 4.78 is 0. The molecule has 1 aliphatic heterocycles. The molecule has 2 aliphatic rings. The van der Waals surface area contributed by atoms with E-state index in [1.54, 1.807) is 0 Å². The number of hydrogen-bond donors (Lipinski definition) is 2. The molecule has 3 heterocycles. The summed E-state index contributed by atoms with van der Waals surface area (Å²) in [6.07, 6.45) is 3.90. The van der Waals surface area contributed by atoms with Crippen LogP contribution in [0.25, 0.3) is 0 Å². The lowest BCUT2D eigenvalue weighted by Crippen LogP contribution is -2.48. The summed E-state index contributed by atoms with van der Waals surface area (Å²) in [5.74, 6) is 0.923. The zero-order chi connectivity index (χ0) is 14.9. The minimum Gasteiger partial charge on any atom is -0.333 e. The van der Waals surface area contributed by atoms with Crippen LogP contribution in [0, 0.1) is 0 Å². The Morgan fingerprint density at radius 1 is 1.23 bits per heavy atom. The number of carbonyl (C=O) groups excluding carboxylic acids is 1. The zero-order valence-corrected chi connectivity index (χ0v) is 12.3. The lowest BCUT2D eigenvalue weighted by molar-refractivity contribution is 0.0615. The Morgan fingerprint density at radius 3 is 2.73 bits per heavy atom. The van der Waals surface area contributed by atoms with Crippen LogP contribution in [-0.4, -0.2) is 67.3 Å². The van der Waals surface area contributed by atoms with Gasteiger partial charge in [0.05, 0.1) is 5.69 Å². The molecule has 1 saturated carbocycles. The molecule has 2 aromatic heterocycles. The standard InChI is InChI=1S/C14H19N7O/c22-14(13-15-9-16-19-13)21-5-3-20(4-6-21)8-11-7-12(18-17-11)10-1-2-10/h7,9-10H,1-6,8H2,(H,17,18)(H,15,16,19). The first-order valence-electron chi connectivity index (χ1n) is 7.71. The highest BCUT2D eigenvalue weighted by molar-refractivity contribution is 5.90. The maximum absolute atomic E-state index is 12.2. The van der Waals surface area contributed by atoms with E-state index < -0.39 is 0 Å². The van der Waals surface area contributed by atoms with Crippen LogP contribution < -0.4 is 0 Å². The highest BCUT2D eigenvalue weighted by Crippen LogP contribution is 2.39. The van der Waals surface area contributed by atoms with Crippen molar-refractivity contribution in [2.75, 3.05) is 26.2 Å². The van der Waals surface area contributed by atoms with Crippen molar-refractivity contribution in [3.63, 3.8) is 0 Å². The van der Waals surface area contributed by atoms with E-state index in [0.29, 0.717) is 24.8 Å². The Balaban J connectivity index is 1.30. The topological polar surface area (TPSA) is 93.8 Å². The van der Waals surface area contributed by atoms with Crippen LogP contribution in [-0.2, 0) is 6.54 Å². The van der Waals surface area contributed by atoms with Gasteiger partial charge in [-0.3, -0.25) is 19.9 Å². The number of aromatic amines is 2. The third-order valence-corrected chi connectivity index (χ3v) is 4.32. The molecule has 2 fully saturated rings. The van der Waals surface area contributed by atoms with Crippen molar-refractivity contribution in [3.8, 4) is 0 Å². The van der Waals surface area contributed by atoms with Gasteiger partial charge in [-0.2, -0.15) is 10.2 Å². The lowest BCUT2D eigenvalue weighted by Gasteiger charge is -2.33. The summed E-state index contributed by atoms with van der Waals surface area (Å²) in [5.41, 5.74) is 2.37. The highest BCUT2D eigenvalue weighted by Gasteiger charge is 2.27. The Morgan fingerprint density at radius 2 is 2.05 bits per heavy atom. The van der Waals surface area contributed by atoms with Crippen LogP contribution in [0.4, 0.5) is 0 Å². The number of amides is 1. The maximum Gasteiger partial charge on any atom is 0.291 e. The molecule has 4 rings (SSSR count). The molecule has 0 bridgehead atoms. The molecule has 2 aromatic rings. The van der Waals surface area contributed by atoms with Crippen LogP contribution in [0.15, 0.2) is 12.4 Å². The Hall–Kier alpha value is -2.22. The molecule has 0 atom stereocenters. The predicted octanol–water partition coefficient (Wildman–Crippen LogP) is 0.363. The van der Waals surface area contributed by atoms with Gasteiger partial charge in [-0.25, -0.2) is 4.98 Å². The largest absolute Gasteiger partial charge is 0.333 e. The summed E-state index contributed by atoms with van der Waals surface area (Å²) in [6.45, 7) is 4.01. The minimum atomic E-state index is -0.0743. The minimum absolute atomic E-state index is 0.0743. The molecular formula is C14H19N7O. The van der Waals surface area contributed by atoms with Gasteiger partial charge < -0.3 is 4.90 Å². The number of aromatic nitrogens is 5. The highest BCUT2D eigenvalue weighted by atomic mass is 16.2. The molecule has 8 heteroatoms. The first-order chi connectivity index (χ1) is 10.8. The summed E-state index contributed by atoms with van der Waals surface area (Å²) in [7, 11) is 0. The molecule has 1 saturated heterocycles. The van der Waals surface area contributed by atoms with Crippen LogP contribution in [0.2, 0.25) is 0 Å². The van der Waals surface area contributed by atoms with Gasteiger partial charge in [0.25, 0.3) is 5.91 Å². The van der Waals surface area contributed by atoms with E-state index >= 15 is 0 Å². The van der Waals surface area contributed by atoms with Crippen LogP contribution in [0.5, 0.6) is 0 Å². The van der Waals surface area contributed by atoms with Gasteiger partial charge in [0, 0.05) is 44.3 Å². The van der Waals surface area contributed by atoms with Crippen LogP contribution >= 0.6 is 0 Å². The SMILES string of the molecule is O=C(c1ncn[nH]1)N1CCN(Cc2cc(C3CC3)n[nH]2)CC1. The van der Waals surface area contributed by atoms with E-state index in [2.05, 4.69) is 36.3 Å². The molecule has 8 nitrogen and oxygen atoms in total. The van der Waals surface area contributed by atoms with E-state index in [1.807, 2.05) is 4.90 Å². The quantitative estimate of drug-likeness (QED) is 0.850. The molecule has 0 aromatic carbocycles. The number of H-pyrrole nitrogens is 2. The third-order valence-electron chi connectivity index (χ3n) is 4.32. The molecule has 22 heavy (non-hydrogen) atoms. The first-order valence-corrected chi connectivity index (χ1v) is 7.71. The fraction of sp³-hybridized carbons (Fsp3) is 0.571. The average molecular weight is 301 g/mol. The number of piperazine rings is 1. The summed E-state index contributed by atoms with van der Waals surface area (Å²) >= 11 is 0.